The summed E-state index contributed by atoms with van der Waals surface area (Å²) in [4.78, 5) is 24.4. The number of carboxylic acids is 2. The third kappa shape index (κ3) is 6.26. The van der Waals surface area contributed by atoms with Gasteiger partial charge in [0.2, 0.25) is 0 Å². The molecule has 0 saturated heterocycles. The predicted molar refractivity (Wildman–Crippen MR) is 152 cm³/mol. The van der Waals surface area contributed by atoms with Crippen molar-refractivity contribution in [3.63, 3.8) is 0 Å². The standard InChI is InChI=1S/C32H39NO6/c1-31(2)12-13-32(3,4)29-24(21-9-14-33(15-10-21)16-11-28(36)37)18-22(19-25(29)31)26(34)8-6-20-5-7-23(30(38)39)27(35)17-20/h5-9,17-19,26,34-35H,10-16H2,1-4H3,(H,36,37)(H,38,39)/b8-6-. The first-order valence-corrected chi connectivity index (χ1v) is 13.5. The molecule has 2 aromatic carbocycles. The van der Waals surface area contributed by atoms with E-state index in [1.165, 1.54) is 28.8 Å². The lowest BCUT2D eigenvalue weighted by Crippen LogP contribution is -2.36. The fraction of sp³-hybridized carbons (Fsp3) is 0.438. The van der Waals surface area contributed by atoms with E-state index in [0.29, 0.717) is 18.7 Å². The monoisotopic (exact) mass is 533 g/mol. The van der Waals surface area contributed by atoms with Crippen LogP contribution in [0.5, 0.6) is 5.75 Å². The molecule has 1 unspecified atom stereocenters. The topological polar surface area (TPSA) is 118 Å². The van der Waals surface area contributed by atoms with E-state index in [0.717, 1.165) is 36.9 Å². The fourth-order valence-corrected chi connectivity index (χ4v) is 5.80. The summed E-state index contributed by atoms with van der Waals surface area (Å²) in [5.41, 5.74) is 6.10. The molecular weight excluding hydrogens is 494 g/mol. The number of carbonyl (C=O) groups is 2. The molecule has 7 nitrogen and oxygen atoms in total. The third-order valence-electron chi connectivity index (χ3n) is 8.29. The maximum absolute atomic E-state index is 11.3. The molecule has 0 saturated carbocycles. The molecule has 1 atom stereocenters. The number of fused-ring (bicyclic) bond motifs is 1. The van der Waals surface area contributed by atoms with Crippen molar-refractivity contribution >= 4 is 23.6 Å². The van der Waals surface area contributed by atoms with E-state index in [9.17, 15) is 19.8 Å². The zero-order chi connectivity index (χ0) is 28.5. The van der Waals surface area contributed by atoms with Crippen LogP contribution in [0.2, 0.25) is 0 Å². The number of rotatable bonds is 8. The van der Waals surface area contributed by atoms with Gasteiger partial charge in [-0.05, 0) is 81.7 Å². The summed E-state index contributed by atoms with van der Waals surface area (Å²) >= 11 is 0. The number of hydrogen-bond acceptors (Lipinski definition) is 5. The van der Waals surface area contributed by atoms with Gasteiger partial charge >= 0.3 is 11.9 Å². The quantitative estimate of drug-likeness (QED) is 0.341. The maximum atomic E-state index is 11.3. The summed E-state index contributed by atoms with van der Waals surface area (Å²) in [5.74, 6) is -2.30. The fourth-order valence-electron chi connectivity index (χ4n) is 5.80. The molecule has 1 aliphatic carbocycles. The van der Waals surface area contributed by atoms with Crippen molar-refractivity contribution in [1.82, 2.24) is 4.90 Å². The van der Waals surface area contributed by atoms with Gasteiger partial charge in [-0.15, -0.1) is 0 Å². The highest BCUT2D eigenvalue weighted by Gasteiger charge is 2.39. The number of aliphatic hydroxyl groups excluding tert-OH is 1. The number of benzene rings is 2. The van der Waals surface area contributed by atoms with Gasteiger partial charge in [0, 0.05) is 19.6 Å². The molecule has 0 amide bonds. The Hall–Kier alpha value is -3.42. The van der Waals surface area contributed by atoms with Crippen LogP contribution in [0.1, 0.15) is 97.7 Å². The molecule has 1 heterocycles. The summed E-state index contributed by atoms with van der Waals surface area (Å²) < 4.78 is 0. The van der Waals surface area contributed by atoms with Crippen molar-refractivity contribution in [2.45, 2.75) is 70.3 Å². The second-order valence-corrected chi connectivity index (χ2v) is 12.1. The van der Waals surface area contributed by atoms with Gasteiger partial charge in [-0.1, -0.05) is 58.1 Å². The average Bonchev–Trinajstić information content (AvgIpc) is 2.88. The molecular formula is C32H39NO6. The first kappa shape index (κ1) is 28.6. The van der Waals surface area contributed by atoms with E-state index < -0.39 is 18.0 Å². The number of hydrogen-bond donors (Lipinski definition) is 4. The largest absolute Gasteiger partial charge is 0.507 e. The number of carboxylic acid groups (broad SMARTS) is 2. The SMILES string of the molecule is CC1(C)CCC(C)(C)c2c(C3=CCN(CCC(=O)O)CC3)cc(C(O)/C=C\c3ccc(C(=O)O)c(O)c3)cc21. The van der Waals surface area contributed by atoms with Gasteiger partial charge in [-0.2, -0.15) is 0 Å². The summed E-state index contributed by atoms with van der Waals surface area (Å²) in [7, 11) is 0. The van der Waals surface area contributed by atoms with Crippen molar-refractivity contribution in [1.29, 1.82) is 0 Å². The molecule has 0 bridgehead atoms. The maximum Gasteiger partial charge on any atom is 0.339 e. The zero-order valence-electron chi connectivity index (χ0n) is 23.2. The molecule has 4 N–H and O–H groups in total. The van der Waals surface area contributed by atoms with Crippen molar-refractivity contribution in [2.75, 3.05) is 19.6 Å². The Morgan fingerprint density at radius 2 is 1.77 bits per heavy atom. The average molecular weight is 534 g/mol. The molecule has 4 rings (SSSR count). The highest BCUT2D eigenvalue weighted by Crippen LogP contribution is 2.50. The molecule has 39 heavy (non-hydrogen) atoms. The Kier molecular flexibility index (Phi) is 8.05. The minimum Gasteiger partial charge on any atom is -0.507 e. The van der Waals surface area contributed by atoms with Gasteiger partial charge in [0.05, 0.1) is 12.5 Å². The van der Waals surface area contributed by atoms with E-state index in [4.69, 9.17) is 10.2 Å². The van der Waals surface area contributed by atoms with Gasteiger partial charge in [0.25, 0.3) is 0 Å². The Morgan fingerprint density at radius 1 is 1.05 bits per heavy atom. The first-order valence-electron chi connectivity index (χ1n) is 13.5. The van der Waals surface area contributed by atoms with E-state index in [-0.39, 0.29) is 28.6 Å². The molecule has 1 aliphatic heterocycles. The van der Waals surface area contributed by atoms with Crippen LogP contribution in [0, 0.1) is 0 Å². The molecule has 208 valence electrons. The van der Waals surface area contributed by atoms with Gasteiger partial charge in [-0.25, -0.2) is 4.79 Å². The zero-order valence-corrected chi connectivity index (χ0v) is 23.2. The van der Waals surface area contributed by atoms with Crippen LogP contribution in [-0.2, 0) is 15.6 Å². The van der Waals surface area contributed by atoms with Crippen molar-refractivity contribution in [3.8, 4) is 5.75 Å². The molecule has 7 heteroatoms. The number of aliphatic hydroxyl groups is 1. The molecule has 2 aliphatic rings. The number of aliphatic carboxylic acids is 1. The summed E-state index contributed by atoms with van der Waals surface area (Å²) in [6, 6.07) is 8.54. The lowest BCUT2D eigenvalue weighted by atomic mass is 9.61. The number of aromatic hydroxyl groups is 1. The second-order valence-electron chi connectivity index (χ2n) is 12.1. The molecule has 0 aromatic heterocycles. The molecule has 0 fully saturated rings. The Balaban J connectivity index is 1.71. The Labute approximate surface area is 230 Å². The van der Waals surface area contributed by atoms with Gasteiger partial charge in [-0.3, -0.25) is 9.69 Å². The minimum absolute atomic E-state index is 0.0236. The van der Waals surface area contributed by atoms with Gasteiger partial charge in [0.1, 0.15) is 11.3 Å². The predicted octanol–water partition coefficient (Wildman–Crippen LogP) is 5.75. The summed E-state index contributed by atoms with van der Waals surface area (Å²) in [6.45, 7) is 11.1. The highest BCUT2D eigenvalue weighted by molar-refractivity contribution is 5.91. The van der Waals surface area contributed by atoms with Crippen molar-refractivity contribution in [3.05, 3.63) is 75.9 Å². The van der Waals surface area contributed by atoms with E-state index in [1.807, 2.05) is 0 Å². The van der Waals surface area contributed by atoms with Crippen molar-refractivity contribution < 1.29 is 30.0 Å². The van der Waals surface area contributed by atoms with Crippen LogP contribution in [0.25, 0.3) is 11.6 Å². The van der Waals surface area contributed by atoms with E-state index in [2.05, 4.69) is 50.8 Å². The van der Waals surface area contributed by atoms with E-state index >= 15 is 0 Å². The highest BCUT2D eigenvalue weighted by atomic mass is 16.4. The normalized spacial score (nSPS) is 19.4. The van der Waals surface area contributed by atoms with E-state index in [1.54, 1.807) is 18.2 Å². The van der Waals surface area contributed by atoms with Gasteiger partial charge in [0.15, 0.2) is 0 Å². The van der Waals surface area contributed by atoms with Crippen molar-refractivity contribution in [2.24, 2.45) is 0 Å². The molecule has 0 spiro atoms. The van der Waals surface area contributed by atoms with Crippen LogP contribution < -0.4 is 0 Å². The number of aromatic carboxylic acids is 1. The summed E-state index contributed by atoms with van der Waals surface area (Å²) in [6.07, 6.45) is 7.70. The van der Waals surface area contributed by atoms with Crippen LogP contribution in [0.15, 0.2) is 42.5 Å². The van der Waals surface area contributed by atoms with Crippen LogP contribution in [0.3, 0.4) is 0 Å². The number of nitrogens with zero attached hydrogens (tertiary/aromatic N) is 1. The minimum atomic E-state index is -1.20. The van der Waals surface area contributed by atoms with Gasteiger partial charge < -0.3 is 20.4 Å². The van der Waals surface area contributed by atoms with Crippen LogP contribution in [0.4, 0.5) is 0 Å². The molecule has 2 aromatic rings. The molecule has 0 radical (unpaired) electrons. The third-order valence-corrected chi connectivity index (χ3v) is 8.29. The lowest BCUT2D eigenvalue weighted by Gasteiger charge is -2.44. The smallest absolute Gasteiger partial charge is 0.339 e. The number of phenols is 1. The summed E-state index contributed by atoms with van der Waals surface area (Å²) in [5, 5.41) is 39.5. The Bertz CT molecular complexity index is 1340. The Morgan fingerprint density at radius 3 is 2.38 bits per heavy atom. The second kappa shape index (κ2) is 11.0. The van der Waals surface area contributed by atoms with Crippen LogP contribution in [-0.4, -0.2) is 56.9 Å². The van der Waals surface area contributed by atoms with Crippen LogP contribution >= 0.6 is 0 Å². The first-order chi connectivity index (χ1) is 18.3. The lowest BCUT2D eigenvalue weighted by molar-refractivity contribution is -0.137.